The molecule has 0 saturated carbocycles. The molecule has 0 saturated heterocycles. The highest BCUT2D eigenvalue weighted by atomic mass is 28.3. The molecule has 0 aromatic carbocycles. The number of unbranched alkanes of at least 4 members (excludes halogenated alkanes) is 1. The molecule has 0 heterocycles. The zero-order chi connectivity index (χ0) is 7.28. The first-order valence-electron chi connectivity index (χ1n) is 3.54. The SMILES string of the molecule is CCCCC(C)[SiH](O)O. The van der Waals surface area contributed by atoms with Crippen LogP contribution in [0.25, 0.3) is 0 Å². The topological polar surface area (TPSA) is 40.5 Å². The highest BCUT2D eigenvalue weighted by molar-refractivity contribution is 6.42. The van der Waals surface area contributed by atoms with Gasteiger partial charge in [-0.15, -0.1) is 0 Å². The molecule has 0 rings (SSSR count). The van der Waals surface area contributed by atoms with E-state index < -0.39 is 9.28 Å². The predicted octanol–water partition coefficient (Wildman–Crippen LogP) is 0.772. The molecule has 0 aromatic heterocycles. The minimum absolute atomic E-state index is 0.171. The Morgan fingerprint density at radius 2 is 2.00 bits per heavy atom. The van der Waals surface area contributed by atoms with Gasteiger partial charge in [0.25, 0.3) is 0 Å². The van der Waals surface area contributed by atoms with Crippen LogP contribution < -0.4 is 0 Å². The van der Waals surface area contributed by atoms with Gasteiger partial charge in [-0.2, -0.15) is 0 Å². The van der Waals surface area contributed by atoms with E-state index in [0.29, 0.717) is 0 Å². The molecule has 0 fully saturated rings. The predicted molar refractivity (Wildman–Crippen MR) is 40.5 cm³/mol. The molecule has 0 spiro atoms. The van der Waals surface area contributed by atoms with Gasteiger partial charge in [0.05, 0.1) is 0 Å². The molecule has 0 aliphatic carbocycles. The summed E-state index contributed by atoms with van der Waals surface area (Å²) >= 11 is 0. The van der Waals surface area contributed by atoms with Gasteiger partial charge in [-0.25, -0.2) is 0 Å². The van der Waals surface area contributed by atoms with Crippen molar-refractivity contribution in [2.24, 2.45) is 0 Å². The molecule has 56 valence electrons. The number of hydrogen-bond acceptors (Lipinski definition) is 2. The second kappa shape index (κ2) is 4.96. The summed E-state index contributed by atoms with van der Waals surface area (Å²) in [5, 5.41) is 0. The molecule has 0 aliphatic heterocycles. The molecule has 2 nitrogen and oxygen atoms in total. The van der Waals surface area contributed by atoms with Gasteiger partial charge in [0.15, 0.2) is 0 Å². The van der Waals surface area contributed by atoms with Crippen LogP contribution in [-0.2, 0) is 0 Å². The van der Waals surface area contributed by atoms with E-state index in [2.05, 4.69) is 6.92 Å². The van der Waals surface area contributed by atoms with Gasteiger partial charge in [0.1, 0.15) is 0 Å². The Balaban J connectivity index is 3.16. The van der Waals surface area contributed by atoms with Crippen molar-refractivity contribution < 1.29 is 9.59 Å². The van der Waals surface area contributed by atoms with E-state index in [1.165, 1.54) is 0 Å². The van der Waals surface area contributed by atoms with Crippen LogP contribution in [0, 0.1) is 0 Å². The summed E-state index contributed by atoms with van der Waals surface area (Å²) in [6.45, 7) is 4.02. The van der Waals surface area contributed by atoms with Crippen molar-refractivity contribution in [2.75, 3.05) is 0 Å². The fourth-order valence-electron chi connectivity index (χ4n) is 0.675. The lowest BCUT2D eigenvalue weighted by Gasteiger charge is -2.08. The molecule has 9 heavy (non-hydrogen) atoms. The highest BCUT2D eigenvalue weighted by Crippen LogP contribution is 2.13. The van der Waals surface area contributed by atoms with Crippen LogP contribution >= 0.6 is 0 Å². The minimum atomic E-state index is -2.30. The van der Waals surface area contributed by atoms with E-state index >= 15 is 0 Å². The number of hydrogen-bond donors (Lipinski definition) is 2. The second-order valence-electron chi connectivity index (χ2n) is 2.53. The van der Waals surface area contributed by atoms with Crippen LogP contribution in [0.3, 0.4) is 0 Å². The molecule has 0 aromatic rings. The average Bonchev–Trinajstić information content (AvgIpc) is 1.82. The Kier molecular flexibility index (Phi) is 5.04. The van der Waals surface area contributed by atoms with Crippen LogP contribution in [-0.4, -0.2) is 18.9 Å². The lowest BCUT2D eigenvalue weighted by atomic mass is 10.2. The van der Waals surface area contributed by atoms with E-state index in [4.69, 9.17) is 9.59 Å². The third-order valence-corrected chi connectivity index (χ3v) is 2.87. The number of rotatable bonds is 4. The third-order valence-electron chi connectivity index (χ3n) is 1.52. The molecular weight excluding hydrogens is 132 g/mol. The standard InChI is InChI=1S/C6H16O2Si/c1-3-4-5-6(2)9(7)8/h6-9H,3-5H2,1-2H3. The van der Waals surface area contributed by atoms with Crippen LogP contribution in [0.5, 0.6) is 0 Å². The molecule has 0 amide bonds. The summed E-state index contributed by atoms with van der Waals surface area (Å²) in [4.78, 5) is 17.5. The van der Waals surface area contributed by atoms with Crippen LogP contribution in [0.1, 0.15) is 33.1 Å². The van der Waals surface area contributed by atoms with Crippen molar-refractivity contribution >= 4 is 9.28 Å². The maximum absolute atomic E-state index is 8.74. The van der Waals surface area contributed by atoms with Crippen LogP contribution in [0.15, 0.2) is 0 Å². The van der Waals surface area contributed by atoms with E-state index in [0.717, 1.165) is 19.3 Å². The molecular formula is C6H16O2Si. The van der Waals surface area contributed by atoms with Gasteiger partial charge in [-0.1, -0.05) is 26.7 Å². The molecule has 0 bridgehead atoms. The summed E-state index contributed by atoms with van der Waals surface area (Å²) in [6, 6.07) is 0. The molecule has 0 aliphatic rings. The van der Waals surface area contributed by atoms with E-state index in [9.17, 15) is 0 Å². The van der Waals surface area contributed by atoms with Crippen molar-refractivity contribution in [3.05, 3.63) is 0 Å². The van der Waals surface area contributed by atoms with Gasteiger partial charge in [-0.05, 0) is 12.0 Å². The summed E-state index contributed by atoms with van der Waals surface area (Å²) in [6.07, 6.45) is 3.23. The van der Waals surface area contributed by atoms with Crippen molar-refractivity contribution in [2.45, 2.75) is 38.7 Å². The molecule has 1 unspecified atom stereocenters. The lowest BCUT2D eigenvalue weighted by molar-refractivity contribution is 0.381. The largest absolute Gasteiger partial charge is 0.413 e. The van der Waals surface area contributed by atoms with Crippen molar-refractivity contribution in [1.29, 1.82) is 0 Å². The third kappa shape index (κ3) is 4.63. The quantitative estimate of drug-likeness (QED) is 0.578. The fraction of sp³-hybridized carbons (Fsp3) is 1.00. The lowest BCUT2D eigenvalue weighted by Crippen LogP contribution is -2.17. The van der Waals surface area contributed by atoms with Crippen molar-refractivity contribution in [3.8, 4) is 0 Å². The average molecular weight is 148 g/mol. The summed E-state index contributed by atoms with van der Waals surface area (Å²) in [5.74, 6) is 0. The van der Waals surface area contributed by atoms with Gasteiger partial charge in [0, 0.05) is 0 Å². The smallest absolute Gasteiger partial charge is 0.318 e. The second-order valence-corrected chi connectivity index (χ2v) is 4.50. The highest BCUT2D eigenvalue weighted by Gasteiger charge is 2.12. The normalized spacial score (nSPS) is 14.3. The van der Waals surface area contributed by atoms with Gasteiger partial charge < -0.3 is 9.59 Å². The summed E-state index contributed by atoms with van der Waals surface area (Å²) in [5.41, 5.74) is 0.171. The first kappa shape index (κ1) is 9.14. The van der Waals surface area contributed by atoms with Crippen LogP contribution in [0.4, 0.5) is 0 Å². The van der Waals surface area contributed by atoms with E-state index in [-0.39, 0.29) is 5.54 Å². The van der Waals surface area contributed by atoms with Gasteiger partial charge >= 0.3 is 9.28 Å². The first-order valence-corrected chi connectivity index (χ1v) is 5.24. The van der Waals surface area contributed by atoms with Crippen molar-refractivity contribution in [3.63, 3.8) is 0 Å². The fourth-order valence-corrected chi connectivity index (χ4v) is 1.21. The molecule has 2 N–H and O–H groups in total. The monoisotopic (exact) mass is 148 g/mol. The maximum Gasteiger partial charge on any atom is 0.318 e. The Morgan fingerprint density at radius 1 is 1.44 bits per heavy atom. The Bertz CT molecular complexity index is 66.1. The molecule has 1 atom stereocenters. The Labute approximate surface area is 58.4 Å². The van der Waals surface area contributed by atoms with E-state index in [1.807, 2.05) is 6.92 Å². The molecule has 0 radical (unpaired) electrons. The van der Waals surface area contributed by atoms with Gasteiger partial charge in [0.2, 0.25) is 0 Å². The summed E-state index contributed by atoms with van der Waals surface area (Å²) < 4.78 is 0. The maximum atomic E-state index is 8.74. The molecule has 3 heteroatoms. The van der Waals surface area contributed by atoms with Gasteiger partial charge in [-0.3, -0.25) is 0 Å². The Hall–Kier alpha value is 0.137. The minimum Gasteiger partial charge on any atom is -0.413 e. The van der Waals surface area contributed by atoms with Crippen molar-refractivity contribution in [1.82, 2.24) is 0 Å². The van der Waals surface area contributed by atoms with Crippen LogP contribution in [0.2, 0.25) is 5.54 Å². The summed E-state index contributed by atoms with van der Waals surface area (Å²) in [7, 11) is -2.30. The Morgan fingerprint density at radius 3 is 2.33 bits per heavy atom. The zero-order valence-corrected chi connectivity index (χ0v) is 7.33. The van der Waals surface area contributed by atoms with E-state index in [1.54, 1.807) is 0 Å². The first-order chi connectivity index (χ1) is 4.18. The zero-order valence-electron chi connectivity index (χ0n) is 6.17.